The van der Waals surface area contributed by atoms with Gasteiger partial charge in [-0.2, -0.15) is 13.2 Å². The highest BCUT2D eigenvalue weighted by Gasteiger charge is 2.31. The molecule has 0 heterocycles. The van der Waals surface area contributed by atoms with Gasteiger partial charge in [0.2, 0.25) is 0 Å². The summed E-state index contributed by atoms with van der Waals surface area (Å²) >= 11 is 0. The van der Waals surface area contributed by atoms with Gasteiger partial charge < -0.3 is 5.73 Å². The fourth-order valence-electron chi connectivity index (χ4n) is 2.33. The van der Waals surface area contributed by atoms with Gasteiger partial charge in [-0.1, -0.05) is 13.8 Å². The van der Waals surface area contributed by atoms with E-state index in [0.717, 1.165) is 19.3 Å². The molecule has 0 radical (unpaired) electrons. The second-order valence-electron chi connectivity index (χ2n) is 5.90. The van der Waals surface area contributed by atoms with Crippen LogP contribution < -0.4 is 5.73 Å². The quantitative estimate of drug-likeness (QED) is 0.699. The molecule has 1 unspecified atom stereocenters. The van der Waals surface area contributed by atoms with Gasteiger partial charge in [-0.05, 0) is 58.0 Å². The van der Waals surface area contributed by atoms with Crippen molar-refractivity contribution in [3.8, 4) is 0 Å². The number of nitrogens with zero attached hydrogens (tertiary/aromatic N) is 1. The first-order chi connectivity index (χ1) is 8.67. The molecular weight excluding hydrogens is 253 g/mol. The summed E-state index contributed by atoms with van der Waals surface area (Å²) in [4.78, 5) is 1.50. The zero-order valence-electron chi connectivity index (χ0n) is 12.6. The van der Waals surface area contributed by atoms with Gasteiger partial charge in [0.25, 0.3) is 0 Å². The molecule has 116 valence electrons. The molecule has 0 spiro atoms. The van der Waals surface area contributed by atoms with Gasteiger partial charge in [0.15, 0.2) is 0 Å². The lowest BCUT2D eigenvalue weighted by Crippen LogP contribution is -2.39. The van der Waals surface area contributed by atoms with Crippen LogP contribution in [0, 0.1) is 11.8 Å². The highest BCUT2D eigenvalue weighted by atomic mass is 19.4. The summed E-state index contributed by atoms with van der Waals surface area (Å²) < 4.78 is 37.3. The van der Waals surface area contributed by atoms with Crippen LogP contribution in [-0.4, -0.2) is 36.8 Å². The molecule has 0 aliphatic carbocycles. The molecule has 19 heavy (non-hydrogen) atoms. The van der Waals surface area contributed by atoms with E-state index in [2.05, 4.69) is 13.8 Å². The zero-order valence-corrected chi connectivity index (χ0v) is 12.6. The minimum absolute atomic E-state index is 0.0753. The first-order valence-electron chi connectivity index (χ1n) is 7.18. The van der Waals surface area contributed by atoms with E-state index in [4.69, 9.17) is 5.73 Å². The van der Waals surface area contributed by atoms with E-state index in [1.54, 1.807) is 0 Å². The van der Waals surface area contributed by atoms with E-state index in [1.807, 2.05) is 13.8 Å². The van der Waals surface area contributed by atoms with Crippen molar-refractivity contribution in [1.29, 1.82) is 0 Å². The van der Waals surface area contributed by atoms with Crippen LogP contribution in [0.4, 0.5) is 13.2 Å². The van der Waals surface area contributed by atoms with Gasteiger partial charge in [0, 0.05) is 6.04 Å². The molecule has 0 aliphatic rings. The summed E-state index contributed by atoms with van der Waals surface area (Å²) in [6.45, 7) is 8.27. The maximum absolute atomic E-state index is 12.4. The molecule has 0 saturated heterocycles. The minimum atomic E-state index is -4.11. The molecule has 5 heteroatoms. The fourth-order valence-corrected chi connectivity index (χ4v) is 2.33. The van der Waals surface area contributed by atoms with E-state index >= 15 is 0 Å². The molecule has 2 N–H and O–H groups in total. The van der Waals surface area contributed by atoms with Crippen molar-refractivity contribution >= 4 is 0 Å². The maximum Gasteiger partial charge on any atom is 0.401 e. The molecule has 0 saturated carbocycles. The van der Waals surface area contributed by atoms with Crippen molar-refractivity contribution in [1.82, 2.24) is 4.90 Å². The van der Waals surface area contributed by atoms with Gasteiger partial charge in [0.05, 0.1) is 6.54 Å². The summed E-state index contributed by atoms with van der Waals surface area (Å²) in [5.41, 5.74) is 5.57. The monoisotopic (exact) mass is 282 g/mol. The van der Waals surface area contributed by atoms with Crippen LogP contribution in [0.5, 0.6) is 0 Å². The summed E-state index contributed by atoms with van der Waals surface area (Å²) in [6, 6.07) is -0.0753. The van der Waals surface area contributed by atoms with Crippen molar-refractivity contribution in [3.63, 3.8) is 0 Å². The molecule has 0 aliphatic heterocycles. The van der Waals surface area contributed by atoms with Crippen molar-refractivity contribution in [2.45, 2.75) is 59.2 Å². The average Bonchev–Trinajstić information content (AvgIpc) is 2.24. The standard InChI is InChI=1S/C14H29F3N2/c1-11(2)13(7-8-18)6-5-9-19(12(3)4)10-14(15,16)17/h11-13H,5-10,18H2,1-4H3. The van der Waals surface area contributed by atoms with Gasteiger partial charge in [-0.25, -0.2) is 0 Å². The van der Waals surface area contributed by atoms with Gasteiger partial charge in [-0.3, -0.25) is 4.90 Å². The lowest BCUT2D eigenvalue weighted by atomic mass is 9.88. The molecule has 0 rings (SSSR count). The smallest absolute Gasteiger partial charge is 0.330 e. The highest BCUT2D eigenvalue weighted by Crippen LogP contribution is 2.22. The molecule has 0 aromatic carbocycles. The van der Waals surface area contributed by atoms with Crippen LogP contribution in [0.1, 0.15) is 47.0 Å². The van der Waals surface area contributed by atoms with Crippen LogP contribution in [0.2, 0.25) is 0 Å². The predicted octanol–water partition coefficient (Wildman–Crippen LogP) is 3.66. The Labute approximate surface area is 115 Å². The Hall–Kier alpha value is -0.290. The summed E-state index contributed by atoms with van der Waals surface area (Å²) in [7, 11) is 0. The normalized spacial score (nSPS) is 14.7. The number of halogens is 3. The SMILES string of the molecule is CC(C)C(CCN)CCCN(CC(F)(F)F)C(C)C. The first-order valence-corrected chi connectivity index (χ1v) is 7.18. The molecule has 0 aromatic heterocycles. The van der Waals surface area contributed by atoms with E-state index < -0.39 is 12.7 Å². The van der Waals surface area contributed by atoms with E-state index in [9.17, 15) is 13.2 Å². The summed E-state index contributed by atoms with van der Waals surface area (Å²) in [6.07, 6.45) is -1.40. The van der Waals surface area contributed by atoms with Crippen LogP contribution >= 0.6 is 0 Å². The minimum Gasteiger partial charge on any atom is -0.330 e. The largest absolute Gasteiger partial charge is 0.401 e. The second-order valence-corrected chi connectivity index (χ2v) is 5.90. The van der Waals surface area contributed by atoms with Crippen LogP contribution in [0.3, 0.4) is 0 Å². The Bertz CT molecular complexity index is 227. The van der Waals surface area contributed by atoms with E-state index in [0.29, 0.717) is 24.9 Å². The highest BCUT2D eigenvalue weighted by molar-refractivity contribution is 4.70. The van der Waals surface area contributed by atoms with Crippen molar-refractivity contribution in [3.05, 3.63) is 0 Å². The van der Waals surface area contributed by atoms with Gasteiger partial charge >= 0.3 is 6.18 Å². The second kappa shape index (κ2) is 8.80. The van der Waals surface area contributed by atoms with Crippen molar-refractivity contribution in [2.24, 2.45) is 17.6 Å². The molecule has 0 aromatic rings. The van der Waals surface area contributed by atoms with Crippen molar-refractivity contribution < 1.29 is 13.2 Å². The number of hydrogen-bond acceptors (Lipinski definition) is 2. The fraction of sp³-hybridized carbons (Fsp3) is 1.00. The molecule has 2 nitrogen and oxygen atoms in total. The Morgan fingerprint density at radius 3 is 2.00 bits per heavy atom. The summed E-state index contributed by atoms with van der Waals surface area (Å²) in [5, 5.41) is 0. The third kappa shape index (κ3) is 9.27. The number of rotatable bonds is 9. The van der Waals surface area contributed by atoms with Gasteiger partial charge in [-0.15, -0.1) is 0 Å². The maximum atomic E-state index is 12.4. The average molecular weight is 282 g/mol. The van der Waals surface area contributed by atoms with E-state index in [1.165, 1.54) is 4.90 Å². The third-order valence-electron chi connectivity index (χ3n) is 3.61. The Balaban J connectivity index is 4.18. The Kier molecular flexibility index (Phi) is 8.66. The molecule has 0 amide bonds. The lowest BCUT2D eigenvalue weighted by Gasteiger charge is -2.28. The molecule has 0 bridgehead atoms. The first kappa shape index (κ1) is 18.7. The third-order valence-corrected chi connectivity index (χ3v) is 3.61. The van der Waals surface area contributed by atoms with E-state index in [-0.39, 0.29) is 6.04 Å². The van der Waals surface area contributed by atoms with Crippen molar-refractivity contribution in [2.75, 3.05) is 19.6 Å². The Morgan fingerprint density at radius 1 is 1.05 bits per heavy atom. The molecule has 0 fully saturated rings. The van der Waals surface area contributed by atoms with Crippen LogP contribution in [0.15, 0.2) is 0 Å². The number of alkyl halides is 3. The number of nitrogens with two attached hydrogens (primary N) is 1. The molecular formula is C14H29F3N2. The lowest BCUT2D eigenvalue weighted by molar-refractivity contribution is -0.149. The van der Waals surface area contributed by atoms with Crippen LogP contribution in [0.25, 0.3) is 0 Å². The van der Waals surface area contributed by atoms with Crippen LogP contribution in [-0.2, 0) is 0 Å². The summed E-state index contributed by atoms with van der Waals surface area (Å²) in [5.74, 6) is 1.06. The Morgan fingerprint density at radius 2 is 1.63 bits per heavy atom. The zero-order chi connectivity index (χ0) is 15.1. The van der Waals surface area contributed by atoms with Gasteiger partial charge in [0.1, 0.15) is 0 Å². The predicted molar refractivity (Wildman–Crippen MR) is 74.0 cm³/mol. The molecule has 1 atom stereocenters. The topological polar surface area (TPSA) is 29.3 Å². The number of hydrogen-bond donors (Lipinski definition) is 1.